The summed E-state index contributed by atoms with van der Waals surface area (Å²) in [6, 6.07) is 0. The van der Waals surface area contributed by atoms with E-state index >= 15 is 0 Å². The minimum absolute atomic E-state index is 0.0564. The third-order valence-electron chi connectivity index (χ3n) is 1.83. The fraction of sp³-hybridized carbons (Fsp3) is 0.889. The summed E-state index contributed by atoms with van der Waals surface area (Å²) >= 11 is 1.49. The van der Waals surface area contributed by atoms with Crippen molar-refractivity contribution in [1.29, 1.82) is 0 Å². The molecule has 1 amide bonds. The highest BCUT2D eigenvalue weighted by atomic mass is 32.2. The van der Waals surface area contributed by atoms with Gasteiger partial charge in [-0.15, -0.1) is 11.8 Å². The molecule has 0 radical (unpaired) electrons. The first-order valence-electron chi connectivity index (χ1n) is 4.86. The number of ether oxygens (including phenoxy) is 1. The molecule has 0 heterocycles. The first-order valence-corrected chi connectivity index (χ1v) is 6.25. The van der Waals surface area contributed by atoms with Gasteiger partial charge in [0.25, 0.3) is 0 Å². The van der Waals surface area contributed by atoms with Gasteiger partial charge < -0.3 is 9.64 Å². The number of rotatable bonds is 7. The first-order chi connectivity index (χ1) is 7.43. The van der Waals surface area contributed by atoms with E-state index in [9.17, 15) is 18.0 Å². The molecule has 0 aliphatic rings. The van der Waals surface area contributed by atoms with Crippen LogP contribution in [-0.2, 0) is 9.53 Å². The Labute approximate surface area is 97.3 Å². The Morgan fingerprint density at radius 3 is 2.50 bits per heavy atom. The molecule has 0 aliphatic carbocycles. The van der Waals surface area contributed by atoms with Crippen LogP contribution in [0, 0.1) is 0 Å². The maximum atomic E-state index is 12.1. The van der Waals surface area contributed by atoms with E-state index in [1.165, 1.54) is 18.7 Å². The average Bonchev–Trinajstić information content (AvgIpc) is 2.21. The van der Waals surface area contributed by atoms with Crippen LogP contribution in [0.25, 0.3) is 0 Å². The Hall–Kier alpha value is -0.430. The number of thioether (sulfide) groups is 1. The number of amides is 1. The van der Waals surface area contributed by atoms with E-state index in [0.29, 0.717) is 19.0 Å². The molecule has 0 aromatic rings. The number of halogens is 3. The second-order valence-electron chi connectivity index (χ2n) is 3.05. The van der Waals surface area contributed by atoms with Crippen molar-refractivity contribution >= 4 is 17.7 Å². The molecule has 0 saturated heterocycles. The maximum absolute atomic E-state index is 12.1. The lowest BCUT2D eigenvalue weighted by atomic mass is 10.3. The van der Waals surface area contributed by atoms with Crippen LogP contribution in [0.5, 0.6) is 0 Å². The molecule has 7 heteroatoms. The zero-order valence-corrected chi connectivity index (χ0v) is 10.2. The lowest BCUT2D eigenvalue weighted by Gasteiger charge is -2.21. The summed E-state index contributed by atoms with van der Waals surface area (Å²) in [7, 11) is 0. The van der Waals surface area contributed by atoms with Crippen LogP contribution in [0.3, 0.4) is 0 Å². The van der Waals surface area contributed by atoms with Gasteiger partial charge in [0.2, 0.25) is 0 Å². The van der Waals surface area contributed by atoms with Gasteiger partial charge in [0, 0.05) is 19.7 Å². The largest absolute Gasteiger partial charge is 0.471 e. The molecule has 0 aromatic carbocycles. The summed E-state index contributed by atoms with van der Waals surface area (Å²) < 4.78 is 41.4. The summed E-state index contributed by atoms with van der Waals surface area (Å²) in [5.74, 6) is -1.26. The molecule has 16 heavy (non-hydrogen) atoms. The summed E-state index contributed by atoms with van der Waals surface area (Å²) in [5.41, 5.74) is 0. The van der Waals surface area contributed by atoms with Crippen LogP contribution >= 0.6 is 11.8 Å². The highest BCUT2D eigenvalue weighted by Crippen LogP contribution is 2.18. The van der Waals surface area contributed by atoms with Crippen LogP contribution in [-0.4, -0.2) is 48.9 Å². The van der Waals surface area contributed by atoms with Crippen LogP contribution in [0.2, 0.25) is 0 Å². The fourth-order valence-corrected chi connectivity index (χ4v) is 1.37. The van der Waals surface area contributed by atoms with Crippen molar-refractivity contribution in [3.05, 3.63) is 0 Å². The average molecular weight is 259 g/mol. The van der Waals surface area contributed by atoms with Crippen molar-refractivity contribution in [3.63, 3.8) is 0 Å². The molecule has 0 spiro atoms. The Balaban J connectivity index is 3.88. The molecule has 0 unspecified atom stereocenters. The van der Waals surface area contributed by atoms with E-state index in [-0.39, 0.29) is 13.1 Å². The molecule has 0 fully saturated rings. The Morgan fingerprint density at radius 1 is 1.44 bits per heavy atom. The minimum atomic E-state index is -4.78. The van der Waals surface area contributed by atoms with Crippen molar-refractivity contribution in [3.8, 4) is 0 Å². The van der Waals surface area contributed by atoms with E-state index in [2.05, 4.69) is 0 Å². The van der Waals surface area contributed by atoms with E-state index in [1.54, 1.807) is 0 Å². The number of hydrogen-bond donors (Lipinski definition) is 0. The number of carbonyl (C=O) groups is 1. The van der Waals surface area contributed by atoms with Crippen LogP contribution in [0.1, 0.15) is 13.3 Å². The van der Waals surface area contributed by atoms with Crippen molar-refractivity contribution in [2.75, 3.05) is 31.9 Å². The van der Waals surface area contributed by atoms with Gasteiger partial charge in [-0.1, -0.05) is 0 Å². The van der Waals surface area contributed by atoms with Gasteiger partial charge in [0.1, 0.15) is 0 Å². The monoisotopic (exact) mass is 259 g/mol. The first kappa shape index (κ1) is 15.6. The Morgan fingerprint density at radius 2 is 2.06 bits per heavy atom. The van der Waals surface area contributed by atoms with Crippen molar-refractivity contribution in [1.82, 2.24) is 4.90 Å². The van der Waals surface area contributed by atoms with E-state index in [1.807, 2.05) is 6.26 Å². The lowest BCUT2D eigenvalue weighted by Crippen LogP contribution is -2.41. The van der Waals surface area contributed by atoms with Gasteiger partial charge in [-0.05, 0) is 19.6 Å². The minimum Gasteiger partial charge on any atom is -0.371 e. The highest BCUT2D eigenvalue weighted by Gasteiger charge is 2.41. The van der Waals surface area contributed by atoms with Gasteiger partial charge in [-0.3, -0.25) is 4.79 Å². The predicted molar refractivity (Wildman–Crippen MR) is 57.3 cm³/mol. The zero-order valence-electron chi connectivity index (χ0n) is 9.34. The Bertz CT molecular complexity index is 211. The molecule has 3 nitrogen and oxygen atoms in total. The SMILES string of the molecule is CCN(CCCOCSC)C(=O)C(F)(F)F. The summed E-state index contributed by atoms with van der Waals surface area (Å²) in [6.07, 6.45) is -2.50. The van der Waals surface area contributed by atoms with Gasteiger partial charge in [0.05, 0.1) is 5.94 Å². The van der Waals surface area contributed by atoms with E-state index in [0.717, 1.165) is 4.90 Å². The number of carbonyl (C=O) groups excluding carboxylic acids is 1. The van der Waals surface area contributed by atoms with E-state index < -0.39 is 12.1 Å². The predicted octanol–water partition coefficient (Wildman–Crippen LogP) is 2.12. The Kier molecular flexibility index (Phi) is 7.57. The van der Waals surface area contributed by atoms with Crippen LogP contribution in [0.15, 0.2) is 0 Å². The van der Waals surface area contributed by atoms with Crippen molar-refractivity contribution in [2.24, 2.45) is 0 Å². The lowest BCUT2D eigenvalue weighted by molar-refractivity contribution is -0.185. The maximum Gasteiger partial charge on any atom is 0.471 e. The van der Waals surface area contributed by atoms with Gasteiger partial charge in [0.15, 0.2) is 0 Å². The van der Waals surface area contributed by atoms with E-state index in [4.69, 9.17) is 4.74 Å². The molecule has 0 bridgehead atoms. The quantitative estimate of drug-likeness (QED) is 0.518. The smallest absolute Gasteiger partial charge is 0.371 e. The molecular formula is C9H16F3NO2S. The fourth-order valence-electron chi connectivity index (χ4n) is 1.08. The molecular weight excluding hydrogens is 243 g/mol. The molecule has 0 saturated carbocycles. The molecule has 96 valence electrons. The third-order valence-corrected chi connectivity index (χ3v) is 2.23. The van der Waals surface area contributed by atoms with Gasteiger partial charge >= 0.3 is 12.1 Å². The van der Waals surface area contributed by atoms with Gasteiger partial charge in [-0.25, -0.2) is 0 Å². The summed E-state index contributed by atoms with van der Waals surface area (Å²) in [4.78, 5) is 11.7. The summed E-state index contributed by atoms with van der Waals surface area (Å²) in [5, 5.41) is 0. The number of alkyl halides is 3. The second-order valence-corrected chi connectivity index (χ2v) is 3.86. The molecule has 0 aliphatic heterocycles. The number of hydrogen-bond acceptors (Lipinski definition) is 3. The third kappa shape index (κ3) is 6.22. The molecule has 0 N–H and O–H groups in total. The van der Waals surface area contributed by atoms with Crippen molar-refractivity contribution in [2.45, 2.75) is 19.5 Å². The van der Waals surface area contributed by atoms with Crippen molar-refractivity contribution < 1.29 is 22.7 Å². The highest BCUT2D eigenvalue weighted by molar-refractivity contribution is 7.98. The molecule has 0 atom stereocenters. The topological polar surface area (TPSA) is 29.5 Å². The standard InChI is InChI=1S/C9H16F3NO2S/c1-3-13(8(14)9(10,11)12)5-4-6-15-7-16-2/h3-7H2,1-2H3. The number of nitrogens with zero attached hydrogens (tertiary/aromatic N) is 1. The van der Waals surface area contributed by atoms with Crippen LogP contribution in [0.4, 0.5) is 13.2 Å². The molecule has 0 aromatic heterocycles. The second kappa shape index (κ2) is 7.78. The summed E-state index contributed by atoms with van der Waals surface area (Å²) in [6.45, 7) is 2.01. The van der Waals surface area contributed by atoms with Crippen LogP contribution < -0.4 is 0 Å². The molecule has 0 rings (SSSR count). The zero-order chi connectivity index (χ0) is 12.6. The normalized spacial score (nSPS) is 11.6. The van der Waals surface area contributed by atoms with Gasteiger partial charge in [-0.2, -0.15) is 13.2 Å².